The Morgan fingerprint density at radius 2 is 2.29 bits per heavy atom. The highest BCUT2D eigenvalue weighted by atomic mass is 19.3. The summed E-state index contributed by atoms with van der Waals surface area (Å²) in [7, 11) is 0. The second-order valence-electron chi connectivity index (χ2n) is 2.74. The van der Waals surface area contributed by atoms with Crippen molar-refractivity contribution in [2.45, 2.75) is 13.5 Å². The maximum Gasteiger partial charge on any atom is 0.379 e. The summed E-state index contributed by atoms with van der Waals surface area (Å²) in [5.74, 6) is -1.06. The van der Waals surface area contributed by atoms with Crippen LogP contribution in [0.1, 0.15) is 21.5 Å². The van der Waals surface area contributed by atoms with E-state index < -0.39 is 5.97 Å². The lowest BCUT2D eigenvalue weighted by Gasteiger charge is -2.04. The molecule has 0 aliphatic heterocycles. The van der Waals surface area contributed by atoms with E-state index in [1.165, 1.54) is 6.07 Å². The number of halogens is 1. The van der Waals surface area contributed by atoms with Crippen LogP contribution in [0.4, 0.5) is 4.53 Å². The van der Waals surface area contributed by atoms with Gasteiger partial charge in [0.05, 0.1) is 5.56 Å². The van der Waals surface area contributed by atoms with Gasteiger partial charge < -0.3 is 0 Å². The highest BCUT2D eigenvalue weighted by Gasteiger charge is 2.13. The van der Waals surface area contributed by atoms with E-state index in [2.05, 4.69) is 10.1 Å². The molecular formula is C9H8FNO3. The summed E-state index contributed by atoms with van der Waals surface area (Å²) < 4.78 is 11.6. The zero-order chi connectivity index (χ0) is 10.6. The topological polar surface area (TPSA) is 55.7 Å². The fourth-order valence-electron chi connectivity index (χ4n) is 1.19. The number of hydrogen-bond donors (Lipinski definition) is 0. The predicted molar refractivity (Wildman–Crippen MR) is 47.2 cm³/mol. The van der Waals surface area contributed by atoms with Gasteiger partial charge >= 0.3 is 5.97 Å². The maximum atomic E-state index is 11.6. The molecule has 74 valence electrons. The SMILES string of the molecule is Cc1c(CN=O)cccc1C(=O)OF. The summed E-state index contributed by atoms with van der Waals surface area (Å²) in [6.07, 6.45) is 0. The van der Waals surface area contributed by atoms with E-state index in [9.17, 15) is 14.2 Å². The Morgan fingerprint density at radius 3 is 2.86 bits per heavy atom. The number of benzene rings is 1. The smallest absolute Gasteiger partial charge is 0.249 e. The average Bonchev–Trinajstić information content (AvgIpc) is 2.20. The van der Waals surface area contributed by atoms with Crippen LogP contribution in [0.25, 0.3) is 0 Å². The molecule has 4 nitrogen and oxygen atoms in total. The normalized spacial score (nSPS) is 9.57. The lowest BCUT2D eigenvalue weighted by molar-refractivity contribution is -0.0788. The molecule has 0 saturated heterocycles. The second kappa shape index (κ2) is 4.45. The molecule has 5 heteroatoms. The van der Waals surface area contributed by atoms with E-state index in [4.69, 9.17) is 0 Å². The zero-order valence-corrected chi connectivity index (χ0v) is 7.49. The van der Waals surface area contributed by atoms with Gasteiger partial charge in [-0.2, -0.15) is 4.91 Å². The van der Waals surface area contributed by atoms with E-state index in [0.717, 1.165) is 0 Å². The maximum absolute atomic E-state index is 11.6. The predicted octanol–water partition coefficient (Wildman–Crippen LogP) is 2.30. The van der Waals surface area contributed by atoms with Gasteiger partial charge in [-0.3, -0.25) is 0 Å². The molecule has 0 fully saturated rings. The first-order valence-corrected chi connectivity index (χ1v) is 3.91. The van der Waals surface area contributed by atoms with Crippen molar-refractivity contribution in [1.82, 2.24) is 0 Å². The minimum atomic E-state index is -1.06. The lowest BCUT2D eigenvalue weighted by Crippen LogP contribution is -2.03. The van der Waals surface area contributed by atoms with Crippen molar-refractivity contribution in [3.63, 3.8) is 0 Å². The van der Waals surface area contributed by atoms with Crippen molar-refractivity contribution >= 4 is 5.97 Å². The van der Waals surface area contributed by atoms with Crippen LogP contribution >= 0.6 is 0 Å². The summed E-state index contributed by atoms with van der Waals surface area (Å²) >= 11 is 0. The van der Waals surface area contributed by atoms with Crippen LogP contribution < -0.4 is 0 Å². The molecule has 0 aliphatic rings. The Hall–Kier alpha value is -1.78. The lowest BCUT2D eigenvalue weighted by atomic mass is 10.0. The quantitative estimate of drug-likeness (QED) is 0.698. The van der Waals surface area contributed by atoms with E-state index in [0.29, 0.717) is 11.1 Å². The van der Waals surface area contributed by atoms with Crippen LogP contribution in [0.15, 0.2) is 23.4 Å². The molecule has 0 heterocycles. The molecule has 0 aromatic heterocycles. The molecule has 0 atom stereocenters. The van der Waals surface area contributed by atoms with Crippen molar-refractivity contribution in [2.75, 3.05) is 0 Å². The number of carbonyl (C=O) groups excluding carboxylic acids is 1. The van der Waals surface area contributed by atoms with E-state index in [1.807, 2.05) is 0 Å². The van der Waals surface area contributed by atoms with E-state index >= 15 is 0 Å². The van der Waals surface area contributed by atoms with Gasteiger partial charge in [-0.05, 0) is 24.1 Å². The van der Waals surface area contributed by atoms with Gasteiger partial charge in [-0.25, -0.2) is 9.74 Å². The Bertz CT molecular complexity index is 365. The minimum absolute atomic E-state index is 0.0424. The molecule has 0 N–H and O–H groups in total. The van der Waals surface area contributed by atoms with Gasteiger partial charge in [0.1, 0.15) is 6.54 Å². The fraction of sp³-hybridized carbons (Fsp3) is 0.222. The third-order valence-corrected chi connectivity index (χ3v) is 1.97. The van der Waals surface area contributed by atoms with Crippen molar-refractivity contribution in [3.8, 4) is 0 Å². The Balaban J connectivity index is 3.13. The number of carbonyl (C=O) groups is 1. The number of nitroso groups, excluding NO2 is 1. The number of hydrogen-bond acceptors (Lipinski definition) is 4. The summed E-state index contributed by atoms with van der Waals surface area (Å²) in [6.45, 7) is 1.56. The van der Waals surface area contributed by atoms with E-state index in [1.54, 1.807) is 19.1 Å². The molecule has 0 radical (unpaired) electrons. The van der Waals surface area contributed by atoms with Crippen LogP contribution in [0.3, 0.4) is 0 Å². The summed E-state index contributed by atoms with van der Waals surface area (Å²) in [4.78, 5) is 24.0. The molecule has 14 heavy (non-hydrogen) atoms. The molecule has 0 aliphatic carbocycles. The van der Waals surface area contributed by atoms with Gasteiger partial charge in [-0.15, -0.1) is 0 Å². The molecule has 0 unspecified atom stereocenters. The standard InChI is InChI=1S/C9H8FNO3/c1-6-7(5-11-13)3-2-4-8(6)9(12)14-10/h2-4H,5H2,1H3. The second-order valence-corrected chi connectivity index (χ2v) is 2.74. The first kappa shape index (κ1) is 10.3. The third-order valence-electron chi connectivity index (χ3n) is 1.97. The Kier molecular flexibility index (Phi) is 3.28. The molecule has 0 saturated carbocycles. The summed E-state index contributed by atoms with van der Waals surface area (Å²) in [5, 5.41) is 2.70. The van der Waals surface area contributed by atoms with Gasteiger partial charge in [0.25, 0.3) is 0 Å². The van der Waals surface area contributed by atoms with Crippen LogP contribution in [0.2, 0.25) is 0 Å². The monoisotopic (exact) mass is 197 g/mol. The molecule has 1 aromatic carbocycles. The molecule has 0 amide bonds. The average molecular weight is 197 g/mol. The summed E-state index contributed by atoms with van der Waals surface area (Å²) in [6, 6.07) is 4.61. The first-order chi connectivity index (χ1) is 6.70. The minimum Gasteiger partial charge on any atom is -0.249 e. The van der Waals surface area contributed by atoms with Gasteiger partial charge in [-0.1, -0.05) is 17.3 Å². The fourth-order valence-corrected chi connectivity index (χ4v) is 1.19. The molecule has 1 rings (SSSR count). The highest BCUT2D eigenvalue weighted by molar-refractivity contribution is 5.90. The van der Waals surface area contributed by atoms with Crippen LogP contribution in [-0.2, 0) is 11.5 Å². The number of nitrogens with zero attached hydrogens (tertiary/aromatic N) is 1. The van der Waals surface area contributed by atoms with Crippen molar-refractivity contribution in [2.24, 2.45) is 5.18 Å². The largest absolute Gasteiger partial charge is 0.379 e. The molecule has 1 aromatic rings. The van der Waals surface area contributed by atoms with Crippen LogP contribution in [0.5, 0.6) is 0 Å². The van der Waals surface area contributed by atoms with Gasteiger partial charge in [0.15, 0.2) is 0 Å². The highest BCUT2D eigenvalue weighted by Crippen LogP contribution is 2.15. The van der Waals surface area contributed by atoms with Gasteiger partial charge in [0.2, 0.25) is 0 Å². The molecular weight excluding hydrogens is 189 g/mol. The molecule has 0 bridgehead atoms. The Labute approximate surface area is 79.6 Å². The number of rotatable bonds is 3. The van der Waals surface area contributed by atoms with E-state index in [-0.39, 0.29) is 12.1 Å². The Morgan fingerprint density at radius 1 is 1.57 bits per heavy atom. The van der Waals surface area contributed by atoms with Crippen LogP contribution in [-0.4, -0.2) is 5.97 Å². The van der Waals surface area contributed by atoms with Crippen LogP contribution in [0, 0.1) is 11.8 Å². The zero-order valence-electron chi connectivity index (χ0n) is 7.49. The van der Waals surface area contributed by atoms with Crippen molar-refractivity contribution in [3.05, 3.63) is 39.8 Å². The summed E-state index contributed by atoms with van der Waals surface area (Å²) in [5.41, 5.74) is 1.20. The van der Waals surface area contributed by atoms with Crippen molar-refractivity contribution < 1.29 is 14.3 Å². The first-order valence-electron chi connectivity index (χ1n) is 3.91. The van der Waals surface area contributed by atoms with Gasteiger partial charge in [0, 0.05) is 4.53 Å². The third kappa shape index (κ3) is 1.93. The van der Waals surface area contributed by atoms with Crippen molar-refractivity contribution in [1.29, 1.82) is 0 Å². The molecule has 0 spiro atoms.